The van der Waals surface area contributed by atoms with Gasteiger partial charge < -0.3 is 10.5 Å². The standard InChI is InChI=1S/C15H18ClN3O/c1-3-12(17)7-11-8-18-15(19-9-11)20-13-4-5-14(16)10(2)6-13/h4-6,8-9,12H,3,7,17H2,1-2H3. The maximum absolute atomic E-state index is 5.97. The average Bonchev–Trinajstić information content (AvgIpc) is 2.45. The smallest absolute Gasteiger partial charge is 0.321 e. The monoisotopic (exact) mass is 291 g/mol. The second kappa shape index (κ2) is 6.68. The lowest BCUT2D eigenvalue weighted by Gasteiger charge is -2.09. The zero-order valence-electron chi connectivity index (χ0n) is 11.6. The Bertz CT molecular complexity index is 572. The molecule has 106 valence electrons. The van der Waals surface area contributed by atoms with Gasteiger partial charge in [-0.2, -0.15) is 0 Å². The van der Waals surface area contributed by atoms with Crippen LogP contribution in [0.3, 0.4) is 0 Å². The fraction of sp³-hybridized carbons (Fsp3) is 0.333. The summed E-state index contributed by atoms with van der Waals surface area (Å²) in [5.41, 5.74) is 7.86. The Morgan fingerprint density at radius 3 is 2.60 bits per heavy atom. The number of nitrogens with zero attached hydrogens (tertiary/aromatic N) is 2. The van der Waals surface area contributed by atoms with Gasteiger partial charge in [-0.25, -0.2) is 9.97 Å². The Labute approximate surface area is 124 Å². The number of aromatic nitrogens is 2. The van der Waals surface area contributed by atoms with Crippen molar-refractivity contribution >= 4 is 11.6 Å². The minimum atomic E-state index is 0.143. The van der Waals surface area contributed by atoms with Crippen LogP contribution in [-0.4, -0.2) is 16.0 Å². The summed E-state index contributed by atoms with van der Waals surface area (Å²) in [4.78, 5) is 8.38. The highest BCUT2D eigenvalue weighted by atomic mass is 35.5. The van der Waals surface area contributed by atoms with Gasteiger partial charge in [0.05, 0.1) is 0 Å². The maximum atomic E-state index is 5.97. The molecule has 0 saturated carbocycles. The lowest BCUT2D eigenvalue weighted by atomic mass is 10.1. The Kier molecular flexibility index (Phi) is 4.93. The molecule has 1 heterocycles. The summed E-state index contributed by atoms with van der Waals surface area (Å²) in [6.45, 7) is 3.98. The first-order valence-electron chi connectivity index (χ1n) is 6.59. The van der Waals surface area contributed by atoms with E-state index in [0.29, 0.717) is 16.8 Å². The molecule has 1 aromatic carbocycles. The number of ether oxygens (including phenoxy) is 1. The molecule has 1 unspecified atom stereocenters. The van der Waals surface area contributed by atoms with E-state index in [1.807, 2.05) is 13.0 Å². The summed E-state index contributed by atoms with van der Waals surface area (Å²) in [5, 5.41) is 0.710. The number of aryl methyl sites for hydroxylation is 1. The first-order chi connectivity index (χ1) is 9.58. The molecule has 1 atom stereocenters. The molecule has 0 saturated heterocycles. The van der Waals surface area contributed by atoms with Gasteiger partial charge in [0.25, 0.3) is 0 Å². The van der Waals surface area contributed by atoms with E-state index >= 15 is 0 Å². The second-order valence-electron chi connectivity index (χ2n) is 4.76. The van der Waals surface area contributed by atoms with Crippen molar-refractivity contribution in [3.05, 3.63) is 46.7 Å². The Morgan fingerprint density at radius 1 is 1.30 bits per heavy atom. The molecule has 0 aliphatic rings. The summed E-state index contributed by atoms with van der Waals surface area (Å²) in [7, 11) is 0. The van der Waals surface area contributed by atoms with Gasteiger partial charge >= 0.3 is 6.01 Å². The Hall–Kier alpha value is -1.65. The Morgan fingerprint density at radius 2 is 2.00 bits per heavy atom. The minimum Gasteiger partial charge on any atom is -0.424 e. The summed E-state index contributed by atoms with van der Waals surface area (Å²) in [6, 6.07) is 5.90. The zero-order chi connectivity index (χ0) is 14.5. The van der Waals surface area contributed by atoms with Crippen molar-refractivity contribution in [1.82, 2.24) is 9.97 Å². The molecule has 2 rings (SSSR count). The summed E-state index contributed by atoms with van der Waals surface area (Å²) in [6.07, 6.45) is 5.21. The molecular formula is C15H18ClN3O. The first kappa shape index (κ1) is 14.8. The van der Waals surface area contributed by atoms with Crippen LogP contribution >= 0.6 is 11.6 Å². The molecule has 20 heavy (non-hydrogen) atoms. The molecule has 0 aliphatic carbocycles. The van der Waals surface area contributed by atoms with Gasteiger partial charge in [-0.05, 0) is 49.1 Å². The van der Waals surface area contributed by atoms with Crippen LogP contribution in [0.25, 0.3) is 0 Å². The average molecular weight is 292 g/mol. The molecular weight excluding hydrogens is 274 g/mol. The van der Waals surface area contributed by atoms with Crippen molar-refractivity contribution < 1.29 is 4.74 Å². The molecule has 0 aliphatic heterocycles. The van der Waals surface area contributed by atoms with E-state index < -0.39 is 0 Å². The van der Waals surface area contributed by atoms with Crippen LogP contribution in [0, 0.1) is 6.92 Å². The molecule has 5 heteroatoms. The van der Waals surface area contributed by atoms with E-state index in [9.17, 15) is 0 Å². The molecule has 0 spiro atoms. The zero-order valence-corrected chi connectivity index (χ0v) is 12.4. The van der Waals surface area contributed by atoms with Crippen molar-refractivity contribution in [3.8, 4) is 11.8 Å². The van der Waals surface area contributed by atoms with Gasteiger partial charge in [-0.3, -0.25) is 0 Å². The number of benzene rings is 1. The summed E-state index contributed by atoms with van der Waals surface area (Å²) >= 11 is 5.97. The fourth-order valence-electron chi connectivity index (χ4n) is 1.73. The highest BCUT2D eigenvalue weighted by Crippen LogP contribution is 2.23. The van der Waals surface area contributed by atoms with E-state index in [2.05, 4.69) is 16.9 Å². The van der Waals surface area contributed by atoms with Gasteiger partial charge in [-0.15, -0.1) is 0 Å². The van der Waals surface area contributed by atoms with Crippen LogP contribution in [0.2, 0.25) is 5.02 Å². The molecule has 1 aromatic heterocycles. The van der Waals surface area contributed by atoms with Crippen LogP contribution in [0.4, 0.5) is 0 Å². The number of rotatable bonds is 5. The predicted molar refractivity (Wildman–Crippen MR) is 80.3 cm³/mol. The number of nitrogens with two attached hydrogens (primary N) is 1. The van der Waals surface area contributed by atoms with E-state index in [-0.39, 0.29) is 6.04 Å². The molecule has 0 fully saturated rings. The topological polar surface area (TPSA) is 61.0 Å². The molecule has 2 N–H and O–H groups in total. The van der Waals surface area contributed by atoms with Crippen LogP contribution in [0.5, 0.6) is 11.8 Å². The largest absolute Gasteiger partial charge is 0.424 e. The summed E-state index contributed by atoms with van der Waals surface area (Å²) < 4.78 is 5.59. The number of halogens is 1. The fourth-order valence-corrected chi connectivity index (χ4v) is 1.85. The highest BCUT2D eigenvalue weighted by Gasteiger charge is 2.05. The number of hydrogen-bond donors (Lipinski definition) is 1. The Balaban J connectivity index is 2.04. The van der Waals surface area contributed by atoms with Crippen LogP contribution in [0.1, 0.15) is 24.5 Å². The van der Waals surface area contributed by atoms with Crippen molar-refractivity contribution in [2.24, 2.45) is 5.73 Å². The van der Waals surface area contributed by atoms with E-state index in [4.69, 9.17) is 22.1 Å². The lowest BCUT2D eigenvalue weighted by molar-refractivity contribution is 0.440. The maximum Gasteiger partial charge on any atom is 0.321 e. The number of hydrogen-bond acceptors (Lipinski definition) is 4. The molecule has 2 aromatic rings. The van der Waals surface area contributed by atoms with Gasteiger partial charge in [0.1, 0.15) is 5.75 Å². The van der Waals surface area contributed by atoms with Gasteiger partial charge in [-0.1, -0.05) is 18.5 Å². The van der Waals surface area contributed by atoms with Crippen molar-refractivity contribution in [3.63, 3.8) is 0 Å². The SMILES string of the molecule is CCC(N)Cc1cnc(Oc2ccc(Cl)c(C)c2)nc1. The first-order valence-corrected chi connectivity index (χ1v) is 6.96. The quantitative estimate of drug-likeness (QED) is 0.916. The molecule has 0 radical (unpaired) electrons. The van der Waals surface area contributed by atoms with Gasteiger partial charge in [0.15, 0.2) is 0 Å². The van der Waals surface area contributed by atoms with Crippen molar-refractivity contribution in [2.45, 2.75) is 32.7 Å². The normalized spacial score (nSPS) is 12.2. The minimum absolute atomic E-state index is 0.143. The van der Waals surface area contributed by atoms with Gasteiger partial charge in [0, 0.05) is 23.5 Å². The van der Waals surface area contributed by atoms with E-state index in [0.717, 1.165) is 24.0 Å². The second-order valence-corrected chi connectivity index (χ2v) is 5.17. The van der Waals surface area contributed by atoms with Gasteiger partial charge in [0.2, 0.25) is 0 Å². The van der Waals surface area contributed by atoms with Crippen LogP contribution < -0.4 is 10.5 Å². The third kappa shape index (κ3) is 3.92. The third-order valence-corrected chi connectivity index (χ3v) is 3.47. The highest BCUT2D eigenvalue weighted by molar-refractivity contribution is 6.31. The van der Waals surface area contributed by atoms with Crippen molar-refractivity contribution in [1.29, 1.82) is 0 Å². The molecule has 0 bridgehead atoms. The molecule has 4 nitrogen and oxygen atoms in total. The van der Waals surface area contributed by atoms with Crippen LogP contribution in [-0.2, 0) is 6.42 Å². The summed E-state index contributed by atoms with van der Waals surface area (Å²) in [5.74, 6) is 0.671. The van der Waals surface area contributed by atoms with Crippen LogP contribution in [0.15, 0.2) is 30.6 Å². The van der Waals surface area contributed by atoms with E-state index in [1.165, 1.54) is 0 Å². The predicted octanol–water partition coefficient (Wildman–Crippen LogP) is 3.51. The van der Waals surface area contributed by atoms with Crippen molar-refractivity contribution in [2.75, 3.05) is 0 Å². The third-order valence-electron chi connectivity index (χ3n) is 3.04. The lowest BCUT2D eigenvalue weighted by Crippen LogP contribution is -2.21. The molecule has 0 amide bonds. The van der Waals surface area contributed by atoms with E-state index in [1.54, 1.807) is 24.5 Å².